The number of Topliss-reactive ketones (excluding diaryl/α,β-unsaturated/α-hetero) is 1. The van der Waals surface area contributed by atoms with E-state index in [1.807, 2.05) is 42.5 Å². The van der Waals surface area contributed by atoms with Gasteiger partial charge in [-0.25, -0.2) is 0 Å². The third-order valence-electron chi connectivity index (χ3n) is 3.53. The standard InChI is InChI=1S/C18H21NO/c1-2-3-4-5-6-11-18(20)16-12-14-9-7-8-10-15(14)13-17(16)19/h2,7-10,12-13H,1,3-6,11,19H2. The van der Waals surface area contributed by atoms with E-state index in [-0.39, 0.29) is 5.78 Å². The van der Waals surface area contributed by atoms with Gasteiger partial charge < -0.3 is 5.73 Å². The number of allylic oxidation sites excluding steroid dienone is 1. The Morgan fingerprint density at radius 2 is 1.80 bits per heavy atom. The van der Waals surface area contributed by atoms with Crippen molar-refractivity contribution in [1.82, 2.24) is 0 Å². The molecule has 104 valence electrons. The minimum absolute atomic E-state index is 0.145. The molecule has 2 heteroatoms. The first kappa shape index (κ1) is 14.3. The SMILES string of the molecule is C=CCCCCCC(=O)c1cc2ccccc2cc1N. The Kier molecular flexibility index (Phi) is 4.94. The maximum Gasteiger partial charge on any atom is 0.164 e. The molecule has 2 aromatic rings. The molecule has 0 atom stereocenters. The third kappa shape index (κ3) is 3.47. The van der Waals surface area contributed by atoms with Crippen LogP contribution in [-0.2, 0) is 0 Å². The molecule has 0 spiro atoms. The van der Waals surface area contributed by atoms with Crippen LogP contribution in [0, 0.1) is 0 Å². The minimum Gasteiger partial charge on any atom is -0.398 e. The summed E-state index contributed by atoms with van der Waals surface area (Å²) in [6, 6.07) is 11.8. The van der Waals surface area contributed by atoms with Gasteiger partial charge in [0.1, 0.15) is 0 Å². The van der Waals surface area contributed by atoms with Crippen LogP contribution in [-0.4, -0.2) is 5.78 Å². The Balaban J connectivity index is 2.05. The maximum absolute atomic E-state index is 12.2. The molecular formula is C18H21NO. The Hall–Kier alpha value is -2.09. The first-order valence-electron chi connectivity index (χ1n) is 7.14. The molecule has 0 amide bonds. The second-order valence-corrected chi connectivity index (χ2v) is 5.10. The molecule has 0 aliphatic carbocycles. The highest BCUT2D eigenvalue weighted by Gasteiger charge is 2.10. The average Bonchev–Trinajstić information content (AvgIpc) is 2.46. The molecule has 2 aromatic carbocycles. The summed E-state index contributed by atoms with van der Waals surface area (Å²) in [6.45, 7) is 3.70. The summed E-state index contributed by atoms with van der Waals surface area (Å²) in [7, 11) is 0. The predicted molar refractivity (Wildman–Crippen MR) is 86.0 cm³/mol. The van der Waals surface area contributed by atoms with Gasteiger partial charge in [-0.2, -0.15) is 0 Å². The molecular weight excluding hydrogens is 246 g/mol. The number of unbranched alkanes of at least 4 members (excludes halogenated alkanes) is 3. The minimum atomic E-state index is 0.145. The van der Waals surface area contributed by atoms with Gasteiger partial charge in [0.15, 0.2) is 5.78 Å². The number of hydrogen-bond acceptors (Lipinski definition) is 2. The Morgan fingerprint density at radius 3 is 2.50 bits per heavy atom. The molecule has 0 aromatic heterocycles. The van der Waals surface area contributed by atoms with Gasteiger partial charge in [0.25, 0.3) is 0 Å². The quantitative estimate of drug-likeness (QED) is 0.341. The van der Waals surface area contributed by atoms with Gasteiger partial charge in [-0.05, 0) is 42.2 Å². The first-order chi connectivity index (χ1) is 9.72. The fraction of sp³-hybridized carbons (Fsp3) is 0.278. The topological polar surface area (TPSA) is 43.1 Å². The van der Waals surface area contributed by atoms with E-state index in [2.05, 4.69) is 6.58 Å². The number of rotatable bonds is 7. The normalized spacial score (nSPS) is 10.6. The monoisotopic (exact) mass is 267 g/mol. The summed E-state index contributed by atoms with van der Waals surface area (Å²) in [5.41, 5.74) is 7.25. The number of anilines is 1. The van der Waals surface area contributed by atoms with E-state index in [1.54, 1.807) is 0 Å². The number of hydrogen-bond donors (Lipinski definition) is 1. The number of fused-ring (bicyclic) bond motifs is 1. The van der Waals surface area contributed by atoms with Crippen LogP contribution in [0.15, 0.2) is 49.1 Å². The van der Waals surface area contributed by atoms with Crippen molar-refractivity contribution in [2.24, 2.45) is 0 Å². The zero-order valence-corrected chi connectivity index (χ0v) is 11.8. The van der Waals surface area contributed by atoms with Crippen LogP contribution in [0.4, 0.5) is 5.69 Å². The van der Waals surface area contributed by atoms with Gasteiger partial charge in [0.05, 0.1) is 0 Å². The number of nitrogen functional groups attached to an aromatic ring is 1. The van der Waals surface area contributed by atoms with Crippen molar-refractivity contribution in [2.75, 3.05) is 5.73 Å². The van der Waals surface area contributed by atoms with Gasteiger partial charge in [0, 0.05) is 17.7 Å². The van der Waals surface area contributed by atoms with Crippen LogP contribution >= 0.6 is 0 Å². The lowest BCUT2D eigenvalue weighted by molar-refractivity contribution is 0.0980. The molecule has 2 rings (SSSR count). The average molecular weight is 267 g/mol. The highest BCUT2D eigenvalue weighted by molar-refractivity contribution is 6.05. The van der Waals surface area contributed by atoms with Crippen LogP contribution in [0.5, 0.6) is 0 Å². The van der Waals surface area contributed by atoms with Crippen molar-refractivity contribution in [3.05, 3.63) is 54.6 Å². The van der Waals surface area contributed by atoms with Crippen LogP contribution in [0.3, 0.4) is 0 Å². The molecule has 0 unspecified atom stereocenters. The summed E-state index contributed by atoms with van der Waals surface area (Å²) in [6.07, 6.45) is 6.59. The lowest BCUT2D eigenvalue weighted by Crippen LogP contribution is -2.04. The zero-order valence-electron chi connectivity index (χ0n) is 11.8. The number of carbonyl (C=O) groups excluding carboxylic acids is 1. The van der Waals surface area contributed by atoms with Gasteiger partial charge in [-0.3, -0.25) is 4.79 Å². The van der Waals surface area contributed by atoms with E-state index in [1.165, 1.54) is 0 Å². The molecule has 0 aliphatic heterocycles. The molecule has 0 bridgehead atoms. The van der Waals surface area contributed by atoms with Gasteiger partial charge in [-0.1, -0.05) is 36.8 Å². The van der Waals surface area contributed by atoms with Gasteiger partial charge in [0.2, 0.25) is 0 Å². The number of nitrogens with two attached hydrogens (primary N) is 1. The molecule has 2 N–H and O–H groups in total. The Morgan fingerprint density at radius 1 is 1.10 bits per heavy atom. The molecule has 0 radical (unpaired) electrons. The van der Waals surface area contributed by atoms with Crippen molar-refractivity contribution in [3.8, 4) is 0 Å². The lowest BCUT2D eigenvalue weighted by Gasteiger charge is -2.07. The Labute approximate surface area is 120 Å². The lowest BCUT2D eigenvalue weighted by atomic mass is 9.99. The van der Waals surface area contributed by atoms with Crippen molar-refractivity contribution >= 4 is 22.2 Å². The van der Waals surface area contributed by atoms with Gasteiger partial charge >= 0.3 is 0 Å². The zero-order chi connectivity index (χ0) is 14.4. The summed E-state index contributed by atoms with van der Waals surface area (Å²) in [5.74, 6) is 0.145. The molecule has 0 saturated heterocycles. The largest absolute Gasteiger partial charge is 0.398 e. The fourth-order valence-corrected chi connectivity index (χ4v) is 2.39. The summed E-state index contributed by atoms with van der Waals surface area (Å²) >= 11 is 0. The molecule has 0 aliphatic rings. The van der Waals surface area contributed by atoms with Crippen LogP contribution < -0.4 is 5.73 Å². The second kappa shape index (κ2) is 6.90. The highest BCUT2D eigenvalue weighted by Crippen LogP contribution is 2.23. The molecule has 0 saturated carbocycles. The molecule has 0 heterocycles. The number of carbonyl (C=O) groups is 1. The maximum atomic E-state index is 12.2. The first-order valence-corrected chi connectivity index (χ1v) is 7.14. The fourth-order valence-electron chi connectivity index (χ4n) is 2.39. The van der Waals surface area contributed by atoms with E-state index in [0.29, 0.717) is 17.7 Å². The smallest absolute Gasteiger partial charge is 0.164 e. The van der Waals surface area contributed by atoms with E-state index < -0.39 is 0 Å². The van der Waals surface area contributed by atoms with E-state index in [0.717, 1.165) is 36.5 Å². The third-order valence-corrected chi connectivity index (χ3v) is 3.53. The van der Waals surface area contributed by atoms with E-state index in [4.69, 9.17) is 5.73 Å². The predicted octanol–water partition coefficient (Wildman–Crippen LogP) is 4.74. The van der Waals surface area contributed by atoms with E-state index in [9.17, 15) is 4.79 Å². The van der Waals surface area contributed by atoms with Crippen LogP contribution in [0.2, 0.25) is 0 Å². The van der Waals surface area contributed by atoms with Crippen molar-refractivity contribution in [2.45, 2.75) is 32.1 Å². The Bertz CT molecular complexity index is 616. The number of benzene rings is 2. The molecule has 20 heavy (non-hydrogen) atoms. The molecule has 0 fully saturated rings. The van der Waals surface area contributed by atoms with E-state index >= 15 is 0 Å². The summed E-state index contributed by atoms with van der Waals surface area (Å²) in [5, 5.41) is 2.14. The second-order valence-electron chi connectivity index (χ2n) is 5.10. The van der Waals surface area contributed by atoms with Crippen LogP contribution in [0.25, 0.3) is 10.8 Å². The van der Waals surface area contributed by atoms with Crippen molar-refractivity contribution in [1.29, 1.82) is 0 Å². The van der Waals surface area contributed by atoms with Crippen molar-refractivity contribution in [3.63, 3.8) is 0 Å². The van der Waals surface area contributed by atoms with Crippen LogP contribution in [0.1, 0.15) is 42.5 Å². The van der Waals surface area contributed by atoms with Crippen molar-refractivity contribution < 1.29 is 4.79 Å². The summed E-state index contributed by atoms with van der Waals surface area (Å²) < 4.78 is 0. The summed E-state index contributed by atoms with van der Waals surface area (Å²) in [4.78, 5) is 12.2. The number of ketones is 1. The molecule has 2 nitrogen and oxygen atoms in total. The highest BCUT2D eigenvalue weighted by atomic mass is 16.1. The van der Waals surface area contributed by atoms with Gasteiger partial charge in [-0.15, -0.1) is 6.58 Å².